The first-order valence-electron chi connectivity index (χ1n) is 10.2. The number of nitrogens with zero attached hydrogens (tertiary/aromatic N) is 2. The Bertz CT molecular complexity index is 1190. The third-order valence-electron chi connectivity index (χ3n) is 5.10. The van der Waals surface area contributed by atoms with Crippen LogP contribution in [0.4, 0.5) is 5.69 Å². The fourth-order valence-electron chi connectivity index (χ4n) is 3.73. The van der Waals surface area contributed by atoms with Crippen molar-refractivity contribution in [2.45, 2.75) is 26.1 Å². The first kappa shape index (κ1) is 22.1. The van der Waals surface area contributed by atoms with E-state index < -0.39 is 12.1 Å². The molecule has 2 amide bonds. The molecule has 32 heavy (non-hydrogen) atoms. The van der Waals surface area contributed by atoms with Crippen LogP contribution in [-0.4, -0.2) is 29.7 Å². The van der Waals surface area contributed by atoms with E-state index in [9.17, 15) is 9.59 Å². The van der Waals surface area contributed by atoms with E-state index in [1.807, 2.05) is 68.4 Å². The number of carbonyl (C=O) groups is 2. The Balaban J connectivity index is 1.82. The van der Waals surface area contributed by atoms with Crippen LogP contribution >= 0.6 is 23.2 Å². The van der Waals surface area contributed by atoms with Gasteiger partial charge in [0.05, 0.1) is 11.4 Å². The predicted octanol–water partition coefficient (Wildman–Crippen LogP) is 5.34. The van der Waals surface area contributed by atoms with Gasteiger partial charge in [-0.05, 0) is 38.1 Å². The zero-order valence-corrected chi connectivity index (χ0v) is 19.1. The van der Waals surface area contributed by atoms with E-state index in [2.05, 4.69) is 5.32 Å². The second-order valence-electron chi connectivity index (χ2n) is 7.70. The van der Waals surface area contributed by atoms with E-state index in [0.29, 0.717) is 15.8 Å². The smallest absolute Gasteiger partial charge is 0.272 e. The lowest BCUT2D eigenvalue weighted by atomic mass is 10.00. The number of amides is 2. The Kier molecular flexibility index (Phi) is 6.31. The van der Waals surface area contributed by atoms with Crippen LogP contribution in [0.1, 0.15) is 35.3 Å². The maximum Gasteiger partial charge on any atom is 0.272 e. The third-order valence-corrected chi connectivity index (χ3v) is 5.54. The Labute approximate surface area is 196 Å². The first-order chi connectivity index (χ1) is 15.3. The minimum atomic E-state index is -1.12. The molecule has 0 radical (unpaired) electrons. The summed E-state index contributed by atoms with van der Waals surface area (Å²) in [4.78, 5) is 33.0. The summed E-state index contributed by atoms with van der Waals surface area (Å²) in [6.45, 7) is 3.86. The van der Waals surface area contributed by atoms with Crippen LogP contribution < -0.4 is 10.2 Å². The van der Waals surface area contributed by atoms with Crippen molar-refractivity contribution in [3.8, 4) is 0 Å². The molecule has 0 aliphatic carbocycles. The Morgan fingerprint density at radius 2 is 1.59 bits per heavy atom. The average Bonchev–Trinajstić information content (AvgIpc) is 2.88. The number of benzodiazepines with no additional fused rings is 1. The van der Waals surface area contributed by atoms with Gasteiger partial charge in [0.1, 0.15) is 0 Å². The van der Waals surface area contributed by atoms with Crippen LogP contribution in [0.15, 0.2) is 77.8 Å². The maximum absolute atomic E-state index is 13.6. The molecule has 1 aliphatic heterocycles. The zero-order chi connectivity index (χ0) is 22.8. The summed E-state index contributed by atoms with van der Waals surface area (Å²) in [5.74, 6) is -0.807. The lowest BCUT2D eigenvalue weighted by Gasteiger charge is -2.29. The molecular weight excluding hydrogens is 445 g/mol. The lowest BCUT2D eigenvalue weighted by molar-refractivity contribution is -0.120. The van der Waals surface area contributed by atoms with Crippen LogP contribution in [0.5, 0.6) is 0 Å². The van der Waals surface area contributed by atoms with Crippen molar-refractivity contribution in [1.29, 1.82) is 0 Å². The van der Waals surface area contributed by atoms with Crippen LogP contribution in [-0.2, 0) is 4.79 Å². The van der Waals surface area contributed by atoms with Gasteiger partial charge >= 0.3 is 0 Å². The van der Waals surface area contributed by atoms with Gasteiger partial charge in [-0.2, -0.15) is 0 Å². The highest BCUT2D eigenvalue weighted by atomic mass is 35.5. The summed E-state index contributed by atoms with van der Waals surface area (Å²) in [5, 5.41) is 3.43. The molecule has 0 unspecified atom stereocenters. The molecule has 7 heteroatoms. The van der Waals surface area contributed by atoms with Crippen molar-refractivity contribution in [2.24, 2.45) is 4.99 Å². The minimum Gasteiger partial charge on any atom is -0.322 e. The SMILES string of the molecule is CC(C)N1C(=O)[C@@H](NC(=O)c2cc(Cl)cc(Cl)c2)N=C(c2ccccc2)c2ccccc21. The summed E-state index contributed by atoms with van der Waals surface area (Å²) in [6.07, 6.45) is -1.12. The van der Waals surface area contributed by atoms with Crippen LogP contribution in [0.25, 0.3) is 0 Å². The van der Waals surface area contributed by atoms with E-state index in [4.69, 9.17) is 28.2 Å². The van der Waals surface area contributed by atoms with E-state index >= 15 is 0 Å². The normalized spacial score (nSPS) is 15.8. The van der Waals surface area contributed by atoms with E-state index in [1.165, 1.54) is 12.1 Å². The number of para-hydroxylation sites is 1. The number of nitrogens with one attached hydrogen (secondary N) is 1. The topological polar surface area (TPSA) is 61.8 Å². The molecule has 0 fully saturated rings. The largest absolute Gasteiger partial charge is 0.322 e. The van der Waals surface area contributed by atoms with Gasteiger partial charge in [-0.15, -0.1) is 0 Å². The highest BCUT2D eigenvalue weighted by Gasteiger charge is 2.34. The number of rotatable bonds is 4. The van der Waals surface area contributed by atoms with Crippen LogP contribution in [0.2, 0.25) is 10.0 Å². The standard InChI is InChI=1S/C25H21Cl2N3O2/c1-15(2)30-21-11-7-6-10-20(21)22(16-8-4-3-5-9-16)28-23(25(30)32)29-24(31)17-12-18(26)14-19(27)13-17/h3-15,23H,1-2H3,(H,29,31)/t23-/m1/s1. The molecule has 1 atom stereocenters. The van der Waals surface area contributed by atoms with Gasteiger partial charge in [-0.25, -0.2) is 4.99 Å². The number of halogens is 2. The van der Waals surface area contributed by atoms with Gasteiger partial charge in [0.25, 0.3) is 11.8 Å². The number of anilines is 1. The van der Waals surface area contributed by atoms with Gasteiger partial charge in [-0.3, -0.25) is 9.59 Å². The molecule has 0 saturated heterocycles. The number of carbonyl (C=O) groups excluding carboxylic acids is 2. The Morgan fingerprint density at radius 3 is 2.25 bits per heavy atom. The quantitative estimate of drug-likeness (QED) is 0.564. The predicted molar refractivity (Wildman–Crippen MR) is 129 cm³/mol. The molecular formula is C25H21Cl2N3O2. The fourth-order valence-corrected chi connectivity index (χ4v) is 4.26. The van der Waals surface area contributed by atoms with Crippen LogP contribution in [0, 0.1) is 0 Å². The van der Waals surface area contributed by atoms with Crippen molar-refractivity contribution in [1.82, 2.24) is 5.32 Å². The minimum absolute atomic E-state index is 0.144. The number of benzene rings is 3. The lowest BCUT2D eigenvalue weighted by Crippen LogP contribution is -2.49. The van der Waals surface area contributed by atoms with Crippen LogP contribution in [0.3, 0.4) is 0 Å². The Morgan fingerprint density at radius 1 is 0.969 bits per heavy atom. The monoisotopic (exact) mass is 465 g/mol. The molecule has 5 nitrogen and oxygen atoms in total. The van der Waals surface area contributed by atoms with Gasteiger partial charge in [0.2, 0.25) is 6.17 Å². The van der Waals surface area contributed by atoms with Crippen molar-refractivity contribution in [2.75, 3.05) is 4.90 Å². The second kappa shape index (κ2) is 9.15. The molecule has 162 valence electrons. The number of aliphatic imine (C=N–C) groups is 1. The van der Waals surface area contributed by atoms with E-state index in [1.54, 1.807) is 11.0 Å². The molecule has 0 spiro atoms. The summed E-state index contributed by atoms with van der Waals surface area (Å²) in [5.41, 5.74) is 3.31. The second-order valence-corrected chi connectivity index (χ2v) is 8.57. The van der Waals surface area contributed by atoms with E-state index in [0.717, 1.165) is 16.8 Å². The zero-order valence-electron chi connectivity index (χ0n) is 17.5. The van der Waals surface area contributed by atoms with Crippen molar-refractivity contribution < 1.29 is 9.59 Å². The van der Waals surface area contributed by atoms with Gasteiger partial charge in [0, 0.05) is 32.8 Å². The molecule has 4 rings (SSSR count). The molecule has 1 heterocycles. The number of hydrogen-bond acceptors (Lipinski definition) is 3. The maximum atomic E-state index is 13.6. The fraction of sp³-hybridized carbons (Fsp3) is 0.160. The highest BCUT2D eigenvalue weighted by Crippen LogP contribution is 2.30. The Hall–Kier alpha value is -3.15. The molecule has 0 saturated carbocycles. The number of hydrogen-bond donors (Lipinski definition) is 1. The van der Waals surface area contributed by atoms with Crippen molar-refractivity contribution in [3.63, 3.8) is 0 Å². The molecule has 0 bridgehead atoms. The molecule has 3 aromatic rings. The highest BCUT2D eigenvalue weighted by molar-refractivity contribution is 6.35. The first-order valence-corrected chi connectivity index (χ1v) is 10.9. The average molecular weight is 466 g/mol. The number of fused-ring (bicyclic) bond motifs is 1. The molecule has 3 aromatic carbocycles. The molecule has 0 aromatic heterocycles. The van der Waals surface area contributed by atoms with Gasteiger partial charge in [-0.1, -0.05) is 71.7 Å². The summed E-state index contributed by atoms with van der Waals surface area (Å²) >= 11 is 12.1. The summed E-state index contributed by atoms with van der Waals surface area (Å²) < 4.78 is 0. The molecule has 1 N–H and O–H groups in total. The third kappa shape index (κ3) is 4.40. The van der Waals surface area contributed by atoms with Gasteiger partial charge in [0.15, 0.2) is 0 Å². The van der Waals surface area contributed by atoms with Crippen molar-refractivity contribution in [3.05, 3.63) is 99.5 Å². The summed E-state index contributed by atoms with van der Waals surface area (Å²) in [6, 6.07) is 21.6. The molecule has 1 aliphatic rings. The van der Waals surface area contributed by atoms with E-state index in [-0.39, 0.29) is 17.5 Å². The van der Waals surface area contributed by atoms with Gasteiger partial charge < -0.3 is 10.2 Å². The summed E-state index contributed by atoms with van der Waals surface area (Å²) in [7, 11) is 0. The van der Waals surface area contributed by atoms with Crippen molar-refractivity contribution >= 4 is 46.4 Å².